The Morgan fingerprint density at radius 3 is 1.70 bits per heavy atom. The van der Waals surface area contributed by atoms with Crippen LogP contribution in [0.5, 0.6) is 0 Å². The molecule has 0 aliphatic carbocycles. The number of hydrogen-bond acceptors (Lipinski definition) is 4. The third-order valence-corrected chi connectivity index (χ3v) is 3.99. The minimum Gasteiger partial charge on any atom is -0.423 e. The van der Waals surface area contributed by atoms with E-state index in [1.54, 1.807) is 27.7 Å². The number of rotatable bonds is 3. The standard InChI is InChI=1S/C8H7BBrF3O2.C6H14O2/c10-4-5-6(8(11,12)13)2-1-3-7(5)9(14)15;1-5(2,7)6(3,4)8/h1-3,14-15H,4H2;7-8H,1-4H3. The summed E-state index contributed by atoms with van der Waals surface area (Å²) in [6.45, 7) is 6.31. The fourth-order valence-electron chi connectivity index (χ4n) is 1.26. The van der Waals surface area contributed by atoms with Gasteiger partial charge in [0.15, 0.2) is 0 Å². The number of hydrogen-bond donors (Lipinski definition) is 4. The Hall–Kier alpha value is -0.605. The molecule has 0 aliphatic rings. The summed E-state index contributed by atoms with van der Waals surface area (Å²) in [6, 6.07) is 3.29. The molecule has 0 saturated heterocycles. The summed E-state index contributed by atoms with van der Waals surface area (Å²) in [5.41, 5.74) is -3.16. The van der Waals surface area contributed by atoms with Gasteiger partial charge in [0.2, 0.25) is 0 Å². The second-order valence-corrected chi connectivity index (χ2v) is 6.56. The highest BCUT2D eigenvalue weighted by Crippen LogP contribution is 2.32. The molecule has 132 valence electrons. The minimum absolute atomic E-state index is 0.0877. The van der Waals surface area contributed by atoms with Gasteiger partial charge in [-0.15, -0.1) is 0 Å². The predicted octanol–water partition coefficient (Wildman–Crippen LogP) is 1.81. The zero-order valence-corrected chi connectivity index (χ0v) is 14.9. The molecule has 0 unspecified atom stereocenters. The van der Waals surface area contributed by atoms with E-state index in [2.05, 4.69) is 15.9 Å². The van der Waals surface area contributed by atoms with E-state index in [0.717, 1.165) is 12.1 Å². The predicted molar refractivity (Wildman–Crippen MR) is 86.5 cm³/mol. The number of alkyl halides is 4. The monoisotopic (exact) mass is 400 g/mol. The summed E-state index contributed by atoms with van der Waals surface area (Å²) in [5, 5.41) is 35.9. The lowest BCUT2D eigenvalue weighted by Crippen LogP contribution is -2.44. The summed E-state index contributed by atoms with van der Waals surface area (Å²) >= 11 is 2.90. The van der Waals surface area contributed by atoms with E-state index in [1.165, 1.54) is 6.07 Å². The molecule has 0 amide bonds. The van der Waals surface area contributed by atoms with E-state index in [1.807, 2.05) is 0 Å². The van der Waals surface area contributed by atoms with Crippen LogP contribution in [-0.2, 0) is 11.5 Å². The van der Waals surface area contributed by atoms with Crippen molar-refractivity contribution < 1.29 is 33.4 Å². The van der Waals surface area contributed by atoms with E-state index < -0.39 is 30.1 Å². The molecule has 0 fully saturated rings. The summed E-state index contributed by atoms with van der Waals surface area (Å²) in [6.07, 6.45) is -4.49. The Morgan fingerprint density at radius 1 is 1.00 bits per heavy atom. The third-order valence-electron chi connectivity index (χ3n) is 3.43. The first-order valence-electron chi connectivity index (χ1n) is 6.68. The molecular weight excluding hydrogens is 380 g/mol. The van der Waals surface area contributed by atoms with Gasteiger partial charge >= 0.3 is 13.3 Å². The van der Waals surface area contributed by atoms with Crippen molar-refractivity contribution in [3.63, 3.8) is 0 Å². The van der Waals surface area contributed by atoms with Gasteiger partial charge in [0.25, 0.3) is 0 Å². The second-order valence-electron chi connectivity index (χ2n) is 6.00. The zero-order chi connectivity index (χ0) is 18.6. The minimum atomic E-state index is -4.49. The molecule has 0 radical (unpaired) electrons. The topological polar surface area (TPSA) is 80.9 Å². The highest BCUT2D eigenvalue weighted by molar-refractivity contribution is 9.08. The second kappa shape index (κ2) is 7.98. The van der Waals surface area contributed by atoms with Gasteiger partial charge in [0.05, 0.1) is 16.8 Å². The Morgan fingerprint density at radius 2 is 1.43 bits per heavy atom. The van der Waals surface area contributed by atoms with E-state index in [-0.39, 0.29) is 16.4 Å². The van der Waals surface area contributed by atoms with Gasteiger partial charge in [-0.2, -0.15) is 13.2 Å². The Bertz CT molecular complexity index is 496. The molecule has 1 aromatic rings. The number of aliphatic hydroxyl groups is 2. The SMILES string of the molecule is CC(C)(O)C(C)(C)O.OB(O)c1cccc(C(F)(F)F)c1CBr. The summed E-state index contributed by atoms with van der Waals surface area (Å²) in [7, 11) is -1.90. The zero-order valence-electron chi connectivity index (χ0n) is 13.3. The molecule has 0 saturated carbocycles. The van der Waals surface area contributed by atoms with E-state index in [9.17, 15) is 13.2 Å². The molecule has 0 heterocycles. The van der Waals surface area contributed by atoms with Crippen LogP contribution in [0.1, 0.15) is 38.8 Å². The van der Waals surface area contributed by atoms with Crippen LogP contribution >= 0.6 is 15.9 Å². The third kappa shape index (κ3) is 6.80. The maximum absolute atomic E-state index is 12.5. The first kappa shape index (κ1) is 22.4. The lowest BCUT2D eigenvalue weighted by Gasteiger charge is -2.31. The first-order valence-corrected chi connectivity index (χ1v) is 7.81. The van der Waals surface area contributed by atoms with Gasteiger partial charge in [-0.3, -0.25) is 0 Å². The first-order chi connectivity index (χ1) is 10.1. The average Bonchev–Trinajstić information content (AvgIpc) is 2.34. The van der Waals surface area contributed by atoms with Crippen LogP contribution < -0.4 is 5.46 Å². The van der Waals surface area contributed by atoms with Gasteiger partial charge in [0, 0.05) is 5.33 Å². The highest BCUT2D eigenvalue weighted by Gasteiger charge is 2.35. The number of halogens is 4. The molecule has 4 N–H and O–H groups in total. The van der Waals surface area contributed by atoms with Crippen LogP contribution in [0.25, 0.3) is 0 Å². The lowest BCUT2D eigenvalue weighted by atomic mass is 9.76. The molecule has 0 atom stereocenters. The molecule has 0 aliphatic heterocycles. The van der Waals surface area contributed by atoms with Crippen molar-refractivity contribution in [1.82, 2.24) is 0 Å². The van der Waals surface area contributed by atoms with Crippen molar-refractivity contribution >= 4 is 28.5 Å². The van der Waals surface area contributed by atoms with Gasteiger partial charge in [-0.05, 0) is 44.8 Å². The van der Waals surface area contributed by atoms with Crippen molar-refractivity contribution in [2.45, 2.75) is 50.4 Å². The van der Waals surface area contributed by atoms with Crippen LogP contribution in [0.3, 0.4) is 0 Å². The molecule has 0 bridgehead atoms. The van der Waals surface area contributed by atoms with Gasteiger partial charge < -0.3 is 20.3 Å². The quantitative estimate of drug-likeness (QED) is 0.460. The maximum atomic E-state index is 12.5. The molecule has 4 nitrogen and oxygen atoms in total. The maximum Gasteiger partial charge on any atom is 0.488 e. The Balaban J connectivity index is 0.000000515. The molecule has 9 heteroatoms. The molecular formula is C14H21BBrF3O4. The Kier molecular flexibility index (Phi) is 7.77. The van der Waals surface area contributed by atoms with Crippen molar-refractivity contribution in [3.8, 4) is 0 Å². The number of benzene rings is 1. The summed E-state index contributed by atoms with van der Waals surface area (Å²) in [4.78, 5) is 0. The average molecular weight is 401 g/mol. The fourth-order valence-corrected chi connectivity index (χ4v) is 1.89. The van der Waals surface area contributed by atoms with Gasteiger partial charge in [-0.25, -0.2) is 0 Å². The summed E-state index contributed by atoms with van der Waals surface area (Å²) in [5.74, 6) is 0. The van der Waals surface area contributed by atoms with Crippen LogP contribution in [-0.4, -0.2) is 38.6 Å². The molecule has 0 aromatic heterocycles. The molecule has 1 aromatic carbocycles. The molecule has 23 heavy (non-hydrogen) atoms. The van der Waals surface area contributed by atoms with Crippen molar-refractivity contribution in [2.75, 3.05) is 0 Å². The molecule has 1 rings (SSSR count). The largest absolute Gasteiger partial charge is 0.488 e. The Labute approximate surface area is 142 Å². The highest BCUT2D eigenvalue weighted by atomic mass is 79.9. The lowest BCUT2D eigenvalue weighted by molar-refractivity contribution is -0.138. The van der Waals surface area contributed by atoms with Crippen molar-refractivity contribution in [1.29, 1.82) is 0 Å². The van der Waals surface area contributed by atoms with Crippen LogP contribution in [0.15, 0.2) is 18.2 Å². The van der Waals surface area contributed by atoms with Gasteiger partial charge in [-0.1, -0.05) is 28.1 Å². The van der Waals surface area contributed by atoms with E-state index in [0.29, 0.717) is 0 Å². The smallest absolute Gasteiger partial charge is 0.423 e. The van der Waals surface area contributed by atoms with E-state index in [4.69, 9.17) is 20.3 Å². The van der Waals surface area contributed by atoms with Crippen LogP contribution in [0.2, 0.25) is 0 Å². The van der Waals surface area contributed by atoms with Crippen LogP contribution in [0, 0.1) is 0 Å². The summed E-state index contributed by atoms with van der Waals surface area (Å²) < 4.78 is 37.5. The van der Waals surface area contributed by atoms with Crippen molar-refractivity contribution in [3.05, 3.63) is 29.3 Å². The van der Waals surface area contributed by atoms with Crippen LogP contribution in [0.4, 0.5) is 13.2 Å². The normalized spacial score (nSPS) is 12.5. The van der Waals surface area contributed by atoms with E-state index >= 15 is 0 Å². The van der Waals surface area contributed by atoms with Gasteiger partial charge in [0.1, 0.15) is 0 Å². The fraction of sp³-hybridized carbons (Fsp3) is 0.571. The van der Waals surface area contributed by atoms with Crippen molar-refractivity contribution in [2.24, 2.45) is 0 Å². The molecule has 0 spiro atoms.